The van der Waals surface area contributed by atoms with Gasteiger partial charge in [-0.25, -0.2) is 0 Å². The second kappa shape index (κ2) is 9.57. The van der Waals surface area contributed by atoms with Gasteiger partial charge in [-0.2, -0.15) is 0 Å². The van der Waals surface area contributed by atoms with Crippen LogP contribution in [0.5, 0.6) is 0 Å². The van der Waals surface area contributed by atoms with Crippen LogP contribution in [0.25, 0.3) is 21.5 Å². The van der Waals surface area contributed by atoms with Crippen molar-refractivity contribution in [1.82, 2.24) is 0 Å². The number of nitrogens with zero attached hydrogens (tertiary/aromatic N) is 1. The summed E-state index contributed by atoms with van der Waals surface area (Å²) >= 11 is 0. The van der Waals surface area contributed by atoms with Crippen LogP contribution >= 0.6 is 0 Å². The van der Waals surface area contributed by atoms with Gasteiger partial charge in [0.2, 0.25) is 0 Å². The van der Waals surface area contributed by atoms with Crippen LogP contribution in [0.1, 0.15) is 13.8 Å². The van der Waals surface area contributed by atoms with Crippen molar-refractivity contribution in [2.24, 2.45) is 0 Å². The molecule has 4 aromatic rings. The van der Waals surface area contributed by atoms with Crippen molar-refractivity contribution in [3.8, 4) is 0 Å². The Kier molecular flexibility index (Phi) is 6.65. The zero-order valence-electron chi connectivity index (χ0n) is 17.2. The van der Waals surface area contributed by atoms with Crippen LogP contribution in [0, 0.1) is 0 Å². The molecule has 0 fully saturated rings. The minimum atomic E-state index is 0.983. The molecule has 0 bridgehead atoms. The zero-order valence-corrected chi connectivity index (χ0v) is 17.2. The normalized spacial score (nSPS) is 10.9. The predicted molar refractivity (Wildman–Crippen MR) is 130 cm³/mol. The van der Waals surface area contributed by atoms with E-state index < -0.39 is 0 Å². The molecule has 0 aliphatic heterocycles. The van der Waals surface area contributed by atoms with Crippen LogP contribution in [0.2, 0.25) is 0 Å². The molecule has 29 heavy (non-hydrogen) atoms. The van der Waals surface area contributed by atoms with Crippen molar-refractivity contribution >= 4 is 32.9 Å². The molecule has 4 rings (SSSR count). The van der Waals surface area contributed by atoms with Crippen LogP contribution in [0.3, 0.4) is 0 Å². The monoisotopic (exact) mass is 377 g/mol. The molecule has 0 aromatic heterocycles. The van der Waals surface area contributed by atoms with E-state index >= 15 is 0 Å². The van der Waals surface area contributed by atoms with Gasteiger partial charge in [0, 0.05) is 16.8 Å². The maximum Gasteiger partial charge on any atom is 0.0540 e. The van der Waals surface area contributed by atoms with E-state index in [0.717, 1.165) is 17.1 Å². The summed E-state index contributed by atoms with van der Waals surface area (Å²) in [7, 11) is 0. The lowest BCUT2D eigenvalue weighted by atomic mass is 10.0. The van der Waals surface area contributed by atoms with Crippen molar-refractivity contribution in [3.05, 3.63) is 122 Å². The van der Waals surface area contributed by atoms with Gasteiger partial charge in [-0.1, -0.05) is 99.8 Å². The number of hydrogen-bond acceptors (Lipinski definition) is 1. The average molecular weight is 378 g/mol. The SMILES string of the molecule is C=C/C=C(\C=C)N(c1ccc2ccccc2c1)c1cccc2ccccc12.CC. The number of benzene rings is 4. The Morgan fingerprint density at radius 1 is 0.724 bits per heavy atom. The topological polar surface area (TPSA) is 3.24 Å². The quantitative estimate of drug-likeness (QED) is 0.315. The lowest BCUT2D eigenvalue weighted by molar-refractivity contribution is 1.23. The number of rotatable bonds is 5. The number of hydrogen-bond donors (Lipinski definition) is 0. The highest BCUT2D eigenvalue weighted by atomic mass is 15.1. The van der Waals surface area contributed by atoms with Gasteiger partial charge in [0.1, 0.15) is 0 Å². The molecule has 0 amide bonds. The highest BCUT2D eigenvalue weighted by molar-refractivity contribution is 5.98. The lowest BCUT2D eigenvalue weighted by Gasteiger charge is -2.28. The van der Waals surface area contributed by atoms with E-state index in [1.54, 1.807) is 6.08 Å². The van der Waals surface area contributed by atoms with Crippen molar-refractivity contribution in [1.29, 1.82) is 0 Å². The average Bonchev–Trinajstić information content (AvgIpc) is 2.80. The molecule has 144 valence electrons. The first kappa shape index (κ1) is 20.2. The van der Waals surface area contributed by atoms with E-state index in [9.17, 15) is 0 Å². The molecular weight excluding hydrogens is 350 g/mol. The Morgan fingerprint density at radius 3 is 2.10 bits per heavy atom. The van der Waals surface area contributed by atoms with Gasteiger partial charge in [0.25, 0.3) is 0 Å². The Bertz CT molecular complexity index is 1160. The van der Waals surface area contributed by atoms with Crippen molar-refractivity contribution in [2.45, 2.75) is 13.8 Å². The molecule has 0 N–H and O–H groups in total. The van der Waals surface area contributed by atoms with E-state index in [0.29, 0.717) is 0 Å². The van der Waals surface area contributed by atoms with Gasteiger partial charge < -0.3 is 4.90 Å². The smallest absolute Gasteiger partial charge is 0.0540 e. The molecule has 0 heterocycles. The third kappa shape index (κ3) is 4.14. The first-order valence-electron chi connectivity index (χ1n) is 10.0. The standard InChI is InChI=1S/C26H21N.C2H6/c1-3-10-23(4-2)27(24-18-17-20-11-5-6-13-22(20)19-24)26-16-9-14-21-12-7-8-15-25(21)26;1-2/h3-19H,1-2H2;1-2H3/b23-10+;. The molecule has 0 saturated carbocycles. The van der Waals surface area contributed by atoms with Crippen LogP contribution in [-0.2, 0) is 0 Å². The Morgan fingerprint density at radius 2 is 1.38 bits per heavy atom. The minimum Gasteiger partial charge on any atom is -0.310 e. The Labute approximate surface area is 173 Å². The van der Waals surface area contributed by atoms with Crippen molar-refractivity contribution in [3.63, 3.8) is 0 Å². The molecule has 0 saturated heterocycles. The van der Waals surface area contributed by atoms with Gasteiger partial charge >= 0.3 is 0 Å². The number of anilines is 2. The first-order chi connectivity index (χ1) is 14.3. The first-order valence-corrected chi connectivity index (χ1v) is 10.0. The summed E-state index contributed by atoms with van der Waals surface area (Å²) in [6.07, 6.45) is 5.67. The third-order valence-corrected chi connectivity index (χ3v) is 4.75. The summed E-state index contributed by atoms with van der Waals surface area (Å²) in [6.45, 7) is 11.9. The fourth-order valence-corrected chi connectivity index (χ4v) is 3.50. The van der Waals surface area contributed by atoms with Gasteiger partial charge in [0.15, 0.2) is 0 Å². The molecule has 1 heteroatoms. The lowest BCUT2D eigenvalue weighted by Crippen LogP contribution is -2.15. The van der Waals surface area contributed by atoms with Gasteiger partial charge in [-0.05, 0) is 46.5 Å². The van der Waals surface area contributed by atoms with Gasteiger partial charge in [0.05, 0.1) is 5.69 Å². The van der Waals surface area contributed by atoms with E-state index in [2.05, 4.69) is 103 Å². The summed E-state index contributed by atoms with van der Waals surface area (Å²) in [5.74, 6) is 0. The van der Waals surface area contributed by atoms with E-state index in [1.165, 1.54) is 21.5 Å². The molecule has 0 aliphatic carbocycles. The highest BCUT2D eigenvalue weighted by Crippen LogP contribution is 2.37. The van der Waals surface area contributed by atoms with E-state index in [4.69, 9.17) is 0 Å². The summed E-state index contributed by atoms with van der Waals surface area (Å²) in [4.78, 5) is 2.24. The maximum absolute atomic E-state index is 4.04. The fraction of sp³-hybridized carbons (Fsp3) is 0.0714. The number of allylic oxidation sites excluding steroid dienone is 3. The molecule has 0 radical (unpaired) electrons. The fourth-order valence-electron chi connectivity index (χ4n) is 3.50. The van der Waals surface area contributed by atoms with Crippen LogP contribution in [-0.4, -0.2) is 0 Å². The second-order valence-corrected chi connectivity index (χ2v) is 6.40. The molecular formula is C28H27N. The molecule has 0 atom stereocenters. The molecule has 0 aliphatic rings. The van der Waals surface area contributed by atoms with Crippen molar-refractivity contribution in [2.75, 3.05) is 4.90 Å². The molecule has 0 spiro atoms. The van der Waals surface area contributed by atoms with Crippen LogP contribution in [0.4, 0.5) is 11.4 Å². The van der Waals surface area contributed by atoms with Crippen LogP contribution < -0.4 is 4.90 Å². The van der Waals surface area contributed by atoms with Crippen LogP contribution in [0.15, 0.2) is 122 Å². The maximum atomic E-state index is 4.04. The van der Waals surface area contributed by atoms with E-state index in [-0.39, 0.29) is 0 Å². The van der Waals surface area contributed by atoms with E-state index in [1.807, 2.05) is 26.0 Å². The number of fused-ring (bicyclic) bond motifs is 2. The molecule has 1 nitrogen and oxygen atoms in total. The Balaban J connectivity index is 0.00000117. The zero-order chi connectivity index (χ0) is 20.6. The second-order valence-electron chi connectivity index (χ2n) is 6.40. The largest absolute Gasteiger partial charge is 0.310 e. The van der Waals surface area contributed by atoms with Crippen molar-refractivity contribution < 1.29 is 0 Å². The molecule has 4 aromatic carbocycles. The minimum absolute atomic E-state index is 0.983. The summed E-state index contributed by atoms with van der Waals surface area (Å²) < 4.78 is 0. The summed E-state index contributed by atoms with van der Waals surface area (Å²) in [5.41, 5.74) is 3.20. The van der Waals surface area contributed by atoms with Gasteiger partial charge in [-0.3, -0.25) is 0 Å². The third-order valence-electron chi connectivity index (χ3n) is 4.75. The summed E-state index contributed by atoms with van der Waals surface area (Å²) in [6, 6.07) is 29.8. The molecule has 0 unspecified atom stereocenters. The summed E-state index contributed by atoms with van der Waals surface area (Å²) in [5, 5.41) is 4.85. The highest BCUT2D eigenvalue weighted by Gasteiger charge is 2.15. The Hall–Kier alpha value is -3.58. The predicted octanol–water partition coefficient (Wildman–Crippen LogP) is 8.41. The van der Waals surface area contributed by atoms with Gasteiger partial charge in [-0.15, -0.1) is 0 Å².